The molecule has 2 heterocycles. The molecule has 126 valence electrons. The Hall–Kier alpha value is -1.79. The number of aromatic nitrogens is 2. The van der Waals surface area contributed by atoms with Gasteiger partial charge in [0.15, 0.2) is 5.16 Å². The van der Waals surface area contributed by atoms with Crippen LogP contribution < -0.4 is 5.73 Å². The van der Waals surface area contributed by atoms with E-state index in [1.54, 1.807) is 18.0 Å². The lowest BCUT2D eigenvalue weighted by Crippen LogP contribution is -2.33. The van der Waals surface area contributed by atoms with E-state index < -0.39 is 0 Å². The number of rotatable bonds is 3. The van der Waals surface area contributed by atoms with Gasteiger partial charge in [-0.3, -0.25) is 9.36 Å². The average molecular weight is 342 g/mol. The molecule has 6 heteroatoms. The van der Waals surface area contributed by atoms with Gasteiger partial charge in [0.2, 0.25) is 0 Å². The number of carbonyl (C=O) groups is 1. The van der Waals surface area contributed by atoms with Crippen LogP contribution in [0.1, 0.15) is 23.2 Å². The van der Waals surface area contributed by atoms with Gasteiger partial charge in [-0.15, -0.1) is 0 Å². The zero-order valence-corrected chi connectivity index (χ0v) is 14.6. The predicted octanol–water partition coefficient (Wildman–Crippen LogP) is 2.40. The van der Waals surface area contributed by atoms with Gasteiger partial charge < -0.3 is 10.6 Å². The predicted molar refractivity (Wildman–Crippen MR) is 95.4 cm³/mol. The lowest BCUT2D eigenvalue weighted by Gasteiger charge is -2.19. The van der Waals surface area contributed by atoms with Crippen molar-refractivity contribution in [3.8, 4) is 5.69 Å². The minimum Gasteiger partial charge on any atom is -0.338 e. The van der Waals surface area contributed by atoms with Crippen molar-refractivity contribution >= 4 is 17.7 Å². The molecule has 2 aliphatic rings. The lowest BCUT2D eigenvalue weighted by atomic mass is 9.98. The van der Waals surface area contributed by atoms with Crippen molar-refractivity contribution in [2.24, 2.45) is 17.6 Å². The maximum Gasteiger partial charge on any atom is 0.253 e. The molecule has 2 N–H and O–H groups in total. The standard InChI is InChI=1S/C18H22N4OS/c1-24-18-20-8-9-22(18)14-5-2-12(3-6-14)17(23)21-10-13-4-7-16(19)15(13)11-21/h2-3,5-6,8-9,13,15-16H,4,7,10-11,19H2,1H3. The summed E-state index contributed by atoms with van der Waals surface area (Å²) in [6, 6.07) is 8.06. The van der Waals surface area contributed by atoms with E-state index in [1.165, 1.54) is 0 Å². The second-order valence-corrected chi connectivity index (χ2v) is 7.48. The van der Waals surface area contributed by atoms with Gasteiger partial charge in [-0.25, -0.2) is 4.98 Å². The van der Waals surface area contributed by atoms with Crippen LogP contribution in [-0.4, -0.2) is 45.7 Å². The molecule has 2 fully saturated rings. The normalized spacial score (nSPS) is 25.9. The zero-order valence-electron chi connectivity index (χ0n) is 13.8. The van der Waals surface area contributed by atoms with Crippen LogP contribution in [0.2, 0.25) is 0 Å². The van der Waals surface area contributed by atoms with Crippen LogP contribution in [-0.2, 0) is 0 Å². The fraction of sp³-hybridized carbons (Fsp3) is 0.444. The van der Waals surface area contributed by atoms with Crippen molar-refractivity contribution in [1.82, 2.24) is 14.5 Å². The Balaban J connectivity index is 1.50. The quantitative estimate of drug-likeness (QED) is 0.870. The summed E-state index contributed by atoms with van der Waals surface area (Å²) in [6.45, 7) is 1.67. The minimum absolute atomic E-state index is 0.124. The number of nitrogens with zero attached hydrogens (tertiary/aromatic N) is 3. The van der Waals surface area contributed by atoms with E-state index in [0.29, 0.717) is 11.8 Å². The Kier molecular flexibility index (Phi) is 4.10. The van der Waals surface area contributed by atoms with Crippen LogP contribution in [0, 0.1) is 11.8 Å². The molecule has 3 unspecified atom stereocenters. The second kappa shape index (κ2) is 6.26. The zero-order chi connectivity index (χ0) is 16.7. The van der Waals surface area contributed by atoms with E-state index in [-0.39, 0.29) is 11.9 Å². The third-order valence-corrected chi connectivity index (χ3v) is 6.05. The number of hydrogen-bond acceptors (Lipinski definition) is 4. The van der Waals surface area contributed by atoms with E-state index in [2.05, 4.69) is 4.98 Å². The van der Waals surface area contributed by atoms with E-state index in [1.807, 2.05) is 46.2 Å². The summed E-state index contributed by atoms with van der Waals surface area (Å²) in [6.07, 6.45) is 8.00. The summed E-state index contributed by atoms with van der Waals surface area (Å²) in [4.78, 5) is 19.1. The largest absolute Gasteiger partial charge is 0.338 e. The molecule has 0 radical (unpaired) electrons. The van der Waals surface area contributed by atoms with Gasteiger partial charge in [-0.1, -0.05) is 11.8 Å². The number of imidazole rings is 1. The molecule has 1 aliphatic carbocycles. The number of nitrogens with two attached hydrogens (primary N) is 1. The highest BCUT2D eigenvalue weighted by atomic mass is 32.2. The monoisotopic (exact) mass is 342 g/mol. The fourth-order valence-corrected chi connectivity index (χ4v) is 4.59. The number of fused-ring (bicyclic) bond motifs is 1. The topological polar surface area (TPSA) is 64.2 Å². The molecule has 4 rings (SSSR count). The molecule has 0 spiro atoms. The molecule has 3 atom stereocenters. The highest BCUT2D eigenvalue weighted by Crippen LogP contribution is 2.37. The highest BCUT2D eigenvalue weighted by Gasteiger charge is 2.42. The van der Waals surface area contributed by atoms with Gasteiger partial charge in [0.25, 0.3) is 5.91 Å². The number of hydrogen-bond donors (Lipinski definition) is 1. The molecule has 1 saturated heterocycles. The van der Waals surface area contributed by atoms with Crippen molar-refractivity contribution in [1.29, 1.82) is 0 Å². The summed E-state index contributed by atoms with van der Waals surface area (Å²) in [5, 5.41) is 0.940. The van der Waals surface area contributed by atoms with Crippen LogP contribution in [0.3, 0.4) is 0 Å². The van der Waals surface area contributed by atoms with Crippen molar-refractivity contribution in [2.45, 2.75) is 24.0 Å². The number of amides is 1. The van der Waals surface area contributed by atoms with Gasteiger partial charge >= 0.3 is 0 Å². The van der Waals surface area contributed by atoms with E-state index in [4.69, 9.17) is 5.73 Å². The summed E-state index contributed by atoms with van der Waals surface area (Å²) >= 11 is 1.60. The lowest BCUT2D eigenvalue weighted by molar-refractivity contribution is 0.0779. The van der Waals surface area contributed by atoms with Gasteiger partial charge in [0.1, 0.15) is 0 Å². The first-order valence-electron chi connectivity index (χ1n) is 8.40. The van der Waals surface area contributed by atoms with Crippen LogP contribution >= 0.6 is 11.8 Å². The molecule has 1 saturated carbocycles. The van der Waals surface area contributed by atoms with Crippen molar-refractivity contribution in [3.63, 3.8) is 0 Å². The molecule has 2 aromatic rings. The Bertz CT molecular complexity index is 742. The highest BCUT2D eigenvalue weighted by molar-refractivity contribution is 7.98. The van der Waals surface area contributed by atoms with Crippen LogP contribution in [0.15, 0.2) is 41.8 Å². The summed E-state index contributed by atoms with van der Waals surface area (Å²) < 4.78 is 2.03. The molecule has 1 aliphatic heterocycles. The maximum absolute atomic E-state index is 12.8. The first-order valence-corrected chi connectivity index (χ1v) is 9.62. The minimum atomic E-state index is 0.124. The Morgan fingerprint density at radius 2 is 2.04 bits per heavy atom. The molecule has 24 heavy (non-hydrogen) atoms. The van der Waals surface area contributed by atoms with E-state index >= 15 is 0 Å². The Labute approximate surface area is 146 Å². The summed E-state index contributed by atoms with van der Waals surface area (Å²) in [5.41, 5.74) is 7.94. The smallest absolute Gasteiger partial charge is 0.253 e. The summed E-state index contributed by atoms with van der Waals surface area (Å²) in [5.74, 6) is 1.21. The van der Waals surface area contributed by atoms with Crippen molar-refractivity contribution < 1.29 is 4.79 Å². The number of likely N-dealkylation sites (tertiary alicyclic amines) is 1. The van der Waals surface area contributed by atoms with E-state index in [9.17, 15) is 4.79 Å². The summed E-state index contributed by atoms with van der Waals surface area (Å²) in [7, 11) is 0. The SMILES string of the molecule is CSc1nccn1-c1ccc(C(=O)N2CC3CCC(N)C3C2)cc1. The number of benzene rings is 1. The molecule has 1 amide bonds. The average Bonchev–Trinajstić information content (AvgIpc) is 3.31. The van der Waals surface area contributed by atoms with Crippen LogP contribution in [0.25, 0.3) is 5.69 Å². The number of carbonyl (C=O) groups excluding carboxylic acids is 1. The van der Waals surface area contributed by atoms with Crippen LogP contribution in [0.4, 0.5) is 0 Å². The molecule has 1 aromatic heterocycles. The molecular formula is C18H22N4OS. The van der Waals surface area contributed by atoms with Gasteiger partial charge in [-0.2, -0.15) is 0 Å². The molecular weight excluding hydrogens is 320 g/mol. The van der Waals surface area contributed by atoms with Crippen LogP contribution in [0.5, 0.6) is 0 Å². The first-order chi connectivity index (χ1) is 11.7. The third-order valence-electron chi connectivity index (χ3n) is 5.38. The van der Waals surface area contributed by atoms with Gasteiger partial charge in [0.05, 0.1) is 0 Å². The van der Waals surface area contributed by atoms with E-state index in [0.717, 1.165) is 42.3 Å². The van der Waals surface area contributed by atoms with Crippen molar-refractivity contribution in [2.75, 3.05) is 19.3 Å². The maximum atomic E-state index is 12.8. The molecule has 5 nitrogen and oxygen atoms in total. The fourth-order valence-electron chi connectivity index (χ4n) is 4.06. The third kappa shape index (κ3) is 2.63. The van der Waals surface area contributed by atoms with Gasteiger partial charge in [-0.05, 0) is 55.2 Å². The Morgan fingerprint density at radius 3 is 2.75 bits per heavy atom. The first kappa shape index (κ1) is 15.7. The molecule has 0 bridgehead atoms. The number of thioether (sulfide) groups is 1. The molecule has 1 aromatic carbocycles. The second-order valence-electron chi connectivity index (χ2n) is 6.71. The van der Waals surface area contributed by atoms with Gasteiger partial charge in [0, 0.05) is 42.8 Å². The Morgan fingerprint density at radius 1 is 1.25 bits per heavy atom. The van der Waals surface area contributed by atoms with Crippen molar-refractivity contribution in [3.05, 3.63) is 42.2 Å².